The summed E-state index contributed by atoms with van der Waals surface area (Å²) in [6.07, 6.45) is 3.87. The second-order valence-corrected chi connectivity index (χ2v) is 4.59. The third-order valence-electron chi connectivity index (χ3n) is 3.13. The van der Waals surface area contributed by atoms with Gasteiger partial charge in [-0.15, -0.1) is 0 Å². The number of aromatic amines is 1. The van der Waals surface area contributed by atoms with E-state index < -0.39 is 0 Å². The minimum atomic E-state index is 0.0551. The zero-order chi connectivity index (χ0) is 13.1. The average Bonchev–Trinajstić information content (AvgIpc) is 2.77. The van der Waals surface area contributed by atoms with E-state index in [1.807, 2.05) is 25.2 Å². The minimum absolute atomic E-state index is 0.0551. The number of amides is 1. The zero-order valence-electron chi connectivity index (χ0n) is 10.9. The highest BCUT2D eigenvalue weighted by Gasteiger charge is 2.15. The van der Waals surface area contributed by atoms with Crippen LogP contribution in [0, 0.1) is 0 Å². The lowest BCUT2D eigenvalue weighted by molar-refractivity contribution is 0.0795. The number of carbonyl (C=O) groups is 1. The van der Waals surface area contributed by atoms with E-state index in [9.17, 15) is 4.79 Å². The second kappa shape index (κ2) is 5.12. The summed E-state index contributed by atoms with van der Waals surface area (Å²) in [6.45, 7) is 2.91. The smallest absolute Gasteiger partial charge is 0.255 e. The van der Waals surface area contributed by atoms with Gasteiger partial charge in [0.25, 0.3) is 5.91 Å². The first-order valence-corrected chi connectivity index (χ1v) is 6.25. The summed E-state index contributed by atoms with van der Waals surface area (Å²) < 4.78 is 0. The molecule has 0 unspecified atom stereocenters. The van der Waals surface area contributed by atoms with Crippen LogP contribution in [0.1, 0.15) is 30.1 Å². The van der Waals surface area contributed by atoms with Crippen LogP contribution in [0.15, 0.2) is 24.4 Å². The predicted octanol–water partition coefficient (Wildman–Crippen LogP) is 2.62. The molecule has 3 N–H and O–H groups in total. The number of hydrogen-bond acceptors (Lipinski definition) is 2. The molecule has 1 heterocycles. The largest absolute Gasteiger partial charge is 0.399 e. The normalized spacial score (nSPS) is 10.8. The van der Waals surface area contributed by atoms with Crippen LogP contribution in [-0.2, 0) is 0 Å². The van der Waals surface area contributed by atoms with Crippen molar-refractivity contribution in [2.75, 3.05) is 19.3 Å². The lowest BCUT2D eigenvalue weighted by atomic mass is 10.1. The van der Waals surface area contributed by atoms with Gasteiger partial charge in [0.05, 0.1) is 5.56 Å². The van der Waals surface area contributed by atoms with Crippen LogP contribution in [0.4, 0.5) is 5.69 Å². The maximum Gasteiger partial charge on any atom is 0.255 e. The van der Waals surface area contributed by atoms with E-state index in [1.165, 1.54) is 0 Å². The van der Waals surface area contributed by atoms with Gasteiger partial charge in [-0.05, 0) is 24.6 Å². The van der Waals surface area contributed by atoms with Crippen LogP contribution in [0.5, 0.6) is 0 Å². The molecule has 0 bridgehead atoms. The summed E-state index contributed by atoms with van der Waals surface area (Å²) >= 11 is 0. The van der Waals surface area contributed by atoms with Crippen molar-refractivity contribution in [2.45, 2.75) is 19.8 Å². The van der Waals surface area contributed by atoms with Gasteiger partial charge in [0, 0.05) is 36.4 Å². The second-order valence-electron chi connectivity index (χ2n) is 4.59. The summed E-state index contributed by atoms with van der Waals surface area (Å²) in [5.41, 5.74) is 8.03. The van der Waals surface area contributed by atoms with Crippen molar-refractivity contribution in [3.63, 3.8) is 0 Å². The fraction of sp³-hybridized carbons (Fsp3) is 0.357. The predicted molar refractivity (Wildman–Crippen MR) is 74.6 cm³/mol. The number of fused-ring (bicyclic) bond motifs is 1. The number of carbonyl (C=O) groups excluding carboxylic acids is 1. The Morgan fingerprint density at radius 1 is 1.44 bits per heavy atom. The number of H-pyrrole nitrogens is 1. The number of nitrogens with zero attached hydrogens (tertiary/aromatic N) is 1. The van der Waals surface area contributed by atoms with Crippen LogP contribution < -0.4 is 5.73 Å². The molecule has 1 amide bonds. The molecule has 1 aromatic carbocycles. The fourth-order valence-corrected chi connectivity index (χ4v) is 2.02. The van der Waals surface area contributed by atoms with E-state index in [2.05, 4.69) is 11.9 Å². The van der Waals surface area contributed by atoms with Gasteiger partial charge in [-0.3, -0.25) is 4.79 Å². The topological polar surface area (TPSA) is 62.1 Å². The number of unbranched alkanes of at least 4 members (excludes halogenated alkanes) is 1. The monoisotopic (exact) mass is 245 g/mol. The maximum absolute atomic E-state index is 12.3. The zero-order valence-corrected chi connectivity index (χ0v) is 10.9. The Labute approximate surface area is 107 Å². The van der Waals surface area contributed by atoms with E-state index in [0.717, 1.165) is 30.3 Å². The number of rotatable bonds is 4. The molecule has 2 rings (SSSR count). The van der Waals surface area contributed by atoms with Crippen LogP contribution in [-0.4, -0.2) is 29.4 Å². The van der Waals surface area contributed by atoms with Crippen LogP contribution >= 0.6 is 0 Å². The van der Waals surface area contributed by atoms with Gasteiger partial charge < -0.3 is 15.6 Å². The summed E-state index contributed by atoms with van der Waals surface area (Å²) in [7, 11) is 1.84. The molecule has 2 aromatic rings. The van der Waals surface area contributed by atoms with Crippen LogP contribution in [0.2, 0.25) is 0 Å². The molecule has 0 aliphatic heterocycles. The lowest BCUT2D eigenvalue weighted by Gasteiger charge is -2.16. The molecule has 0 aliphatic carbocycles. The highest BCUT2D eigenvalue weighted by molar-refractivity contribution is 6.07. The van der Waals surface area contributed by atoms with Crippen molar-refractivity contribution in [1.82, 2.24) is 9.88 Å². The number of benzene rings is 1. The molecule has 4 heteroatoms. The number of aromatic nitrogens is 1. The summed E-state index contributed by atoms with van der Waals surface area (Å²) in [5.74, 6) is 0.0551. The number of anilines is 1. The maximum atomic E-state index is 12.3. The molecular weight excluding hydrogens is 226 g/mol. The molecular formula is C14H19N3O. The van der Waals surface area contributed by atoms with Gasteiger partial charge in [0.1, 0.15) is 0 Å². The molecule has 0 saturated carbocycles. The van der Waals surface area contributed by atoms with Crippen LogP contribution in [0.25, 0.3) is 10.9 Å². The molecule has 0 spiro atoms. The van der Waals surface area contributed by atoms with E-state index in [0.29, 0.717) is 11.3 Å². The average molecular weight is 245 g/mol. The number of nitrogens with two attached hydrogens (primary N) is 1. The summed E-state index contributed by atoms with van der Waals surface area (Å²) in [6, 6.07) is 5.55. The Balaban J connectivity index is 2.28. The van der Waals surface area contributed by atoms with Crippen molar-refractivity contribution < 1.29 is 4.79 Å². The van der Waals surface area contributed by atoms with E-state index >= 15 is 0 Å². The van der Waals surface area contributed by atoms with Gasteiger partial charge >= 0.3 is 0 Å². The highest BCUT2D eigenvalue weighted by Crippen LogP contribution is 2.21. The first-order valence-electron chi connectivity index (χ1n) is 6.25. The SMILES string of the molecule is CCCCN(C)C(=O)c1c[nH]c2cc(N)ccc12. The molecule has 1 aromatic heterocycles. The molecule has 0 radical (unpaired) electrons. The summed E-state index contributed by atoms with van der Waals surface area (Å²) in [5, 5.41) is 0.928. The Morgan fingerprint density at radius 2 is 2.22 bits per heavy atom. The third kappa shape index (κ3) is 2.32. The van der Waals surface area contributed by atoms with E-state index in [-0.39, 0.29) is 5.91 Å². The van der Waals surface area contributed by atoms with Gasteiger partial charge in [0.15, 0.2) is 0 Å². The minimum Gasteiger partial charge on any atom is -0.399 e. The van der Waals surface area contributed by atoms with Gasteiger partial charge in [0.2, 0.25) is 0 Å². The molecule has 4 nitrogen and oxygen atoms in total. The summed E-state index contributed by atoms with van der Waals surface area (Å²) in [4.78, 5) is 17.1. The standard InChI is InChI=1S/C14H19N3O/c1-3-4-7-17(2)14(18)12-9-16-13-8-10(15)5-6-11(12)13/h5-6,8-9,16H,3-4,7,15H2,1-2H3. The Hall–Kier alpha value is -1.97. The first-order chi connectivity index (χ1) is 8.63. The molecule has 18 heavy (non-hydrogen) atoms. The van der Waals surface area contributed by atoms with Crippen molar-refractivity contribution >= 4 is 22.5 Å². The van der Waals surface area contributed by atoms with Crippen LogP contribution in [0.3, 0.4) is 0 Å². The van der Waals surface area contributed by atoms with Crippen molar-refractivity contribution in [3.8, 4) is 0 Å². The number of nitrogens with one attached hydrogen (secondary N) is 1. The van der Waals surface area contributed by atoms with Crippen molar-refractivity contribution in [2.24, 2.45) is 0 Å². The van der Waals surface area contributed by atoms with E-state index in [1.54, 1.807) is 11.1 Å². The van der Waals surface area contributed by atoms with Crippen molar-refractivity contribution in [3.05, 3.63) is 30.0 Å². The molecule has 96 valence electrons. The van der Waals surface area contributed by atoms with E-state index in [4.69, 9.17) is 5.73 Å². The quantitative estimate of drug-likeness (QED) is 0.813. The molecule has 0 aliphatic rings. The lowest BCUT2D eigenvalue weighted by Crippen LogP contribution is -2.27. The third-order valence-corrected chi connectivity index (χ3v) is 3.13. The fourth-order valence-electron chi connectivity index (χ4n) is 2.02. The van der Waals surface area contributed by atoms with Gasteiger partial charge in [-0.1, -0.05) is 13.3 Å². The molecule has 0 fully saturated rings. The number of nitrogen functional groups attached to an aromatic ring is 1. The Kier molecular flexibility index (Phi) is 3.55. The van der Waals surface area contributed by atoms with Gasteiger partial charge in [-0.25, -0.2) is 0 Å². The number of hydrogen-bond donors (Lipinski definition) is 2. The molecule has 0 atom stereocenters. The Morgan fingerprint density at radius 3 is 2.94 bits per heavy atom. The Bertz CT molecular complexity index is 559. The highest BCUT2D eigenvalue weighted by atomic mass is 16.2. The molecule has 0 saturated heterocycles. The first kappa shape index (κ1) is 12.5. The van der Waals surface area contributed by atoms with Gasteiger partial charge in [-0.2, -0.15) is 0 Å². The van der Waals surface area contributed by atoms with Crippen molar-refractivity contribution in [1.29, 1.82) is 0 Å².